The summed E-state index contributed by atoms with van der Waals surface area (Å²) in [6, 6.07) is 5.66. The van der Waals surface area contributed by atoms with E-state index in [0.717, 1.165) is 9.86 Å². The zero-order valence-corrected chi connectivity index (χ0v) is 13.5. The molecule has 1 amide bonds. The third kappa shape index (κ3) is 2.37. The topological polar surface area (TPSA) is 46.1 Å². The van der Waals surface area contributed by atoms with Gasteiger partial charge in [0.15, 0.2) is 0 Å². The van der Waals surface area contributed by atoms with E-state index in [1.54, 1.807) is 4.90 Å². The maximum absolute atomic E-state index is 12.0. The van der Waals surface area contributed by atoms with E-state index in [0.29, 0.717) is 24.3 Å². The van der Waals surface area contributed by atoms with Gasteiger partial charge in [0, 0.05) is 27.7 Å². The van der Waals surface area contributed by atoms with Crippen molar-refractivity contribution in [3.8, 4) is 0 Å². The number of carbonyl (C=O) groups is 1. The van der Waals surface area contributed by atoms with E-state index in [-0.39, 0.29) is 16.0 Å². The SMILES string of the molecule is O=C1CC(Br)CN1c1nc(Cl)nc2c(Br)cccc12. The van der Waals surface area contributed by atoms with Crippen LogP contribution in [0.5, 0.6) is 0 Å². The summed E-state index contributed by atoms with van der Waals surface area (Å²) in [6.45, 7) is 0.591. The van der Waals surface area contributed by atoms with Crippen LogP contribution in [0.25, 0.3) is 10.9 Å². The molecule has 0 saturated carbocycles. The third-order valence-corrected chi connectivity index (χ3v) is 4.39. The molecule has 1 aromatic carbocycles. The molecule has 7 heteroatoms. The van der Waals surface area contributed by atoms with Gasteiger partial charge in [0.1, 0.15) is 5.82 Å². The number of benzene rings is 1. The maximum atomic E-state index is 12.0. The Morgan fingerprint density at radius 2 is 2.16 bits per heavy atom. The number of halogens is 3. The van der Waals surface area contributed by atoms with Crippen molar-refractivity contribution in [2.24, 2.45) is 0 Å². The predicted octanol–water partition coefficient (Wildman–Crippen LogP) is 3.55. The minimum absolute atomic E-state index is 0.0397. The second-order valence-corrected chi connectivity index (χ2v) is 6.75. The lowest BCUT2D eigenvalue weighted by atomic mass is 10.2. The van der Waals surface area contributed by atoms with Gasteiger partial charge in [-0.25, -0.2) is 4.98 Å². The van der Waals surface area contributed by atoms with Crippen LogP contribution in [-0.2, 0) is 4.79 Å². The molecule has 1 aromatic heterocycles. The maximum Gasteiger partial charge on any atom is 0.229 e. The Hall–Kier alpha value is -0.720. The molecule has 3 rings (SSSR count). The molecule has 4 nitrogen and oxygen atoms in total. The quantitative estimate of drug-likeness (QED) is 0.539. The molecule has 2 heterocycles. The number of anilines is 1. The molecule has 0 radical (unpaired) electrons. The second-order valence-electron chi connectivity index (χ2n) is 4.26. The van der Waals surface area contributed by atoms with Crippen molar-refractivity contribution in [1.82, 2.24) is 9.97 Å². The molecule has 1 saturated heterocycles. The predicted molar refractivity (Wildman–Crippen MR) is 81.9 cm³/mol. The normalized spacial score (nSPS) is 19.4. The molecule has 1 aliphatic rings. The lowest BCUT2D eigenvalue weighted by molar-refractivity contribution is -0.117. The van der Waals surface area contributed by atoms with E-state index in [4.69, 9.17) is 11.6 Å². The molecule has 0 N–H and O–H groups in total. The molecular weight excluding hydrogens is 397 g/mol. The standard InChI is InChI=1S/C12H8Br2ClN3O/c13-6-4-9(19)18(5-6)11-7-2-1-3-8(14)10(7)16-12(15)17-11/h1-3,6H,4-5H2. The fourth-order valence-electron chi connectivity index (χ4n) is 2.15. The fourth-order valence-corrected chi connectivity index (χ4v) is 3.33. The minimum Gasteiger partial charge on any atom is -0.295 e. The number of carbonyl (C=O) groups excluding carboxylic acids is 1. The van der Waals surface area contributed by atoms with Crippen LogP contribution in [0.2, 0.25) is 5.28 Å². The van der Waals surface area contributed by atoms with Crippen LogP contribution in [0.3, 0.4) is 0 Å². The first-order valence-electron chi connectivity index (χ1n) is 5.62. The number of hydrogen-bond donors (Lipinski definition) is 0. The smallest absolute Gasteiger partial charge is 0.229 e. The highest BCUT2D eigenvalue weighted by atomic mass is 79.9. The van der Waals surface area contributed by atoms with E-state index < -0.39 is 0 Å². The fraction of sp³-hybridized carbons (Fsp3) is 0.250. The molecule has 19 heavy (non-hydrogen) atoms. The Bertz CT molecular complexity index is 679. The number of alkyl halides is 1. The van der Waals surface area contributed by atoms with Crippen LogP contribution in [-0.4, -0.2) is 27.2 Å². The number of hydrogen-bond acceptors (Lipinski definition) is 3. The van der Waals surface area contributed by atoms with Crippen LogP contribution < -0.4 is 4.90 Å². The highest BCUT2D eigenvalue weighted by Gasteiger charge is 2.31. The molecule has 98 valence electrons. The summed E-state index contributed by atoms with van der Waals surface area (Å²) in [7, 11) is 0. The van der Waals surface area contributed by atoms with Crippen molar-refractivity contribution in [3.05, 3.63) is 28.0 Å². The molecule has 0 aliphatic carbocycles. The van der Waals surface area contributed by atoms with Crippen molar-refractivity contribution in [3.63, 3.8) is 0 Å². The van der Waals surface area contributed by atoms with E-state index in [1.807, 2.05) is 18.2 Å². The first kappa shape index (κ1) is 13.3. The van der Waals surface area contributed by atoms with Crippen molar-refractivity contribution in [1.29, 1.82) is 0 Å². The average molecular weight is 405 g/mol. The zero-order valence-electron chi connectivity index (χ0n) is 9.61. The molecular formula is C12H8Br2ClN3O. The lowest BCUT2D eigenvalue weighted by Crippen LogP contribution is -2.26. The second kappa shape index (κ2) is 5.00. The Kier molecular flexibility index (Phi) is 3.49. The van der Waals surface area contributed by atoms with Crippen LogP contribution >= 0.6 is 43.5 Å². The summed E-state index contributed by atoms with van der Waals surface area (Å²) in [5.74, 6) is 0.612. The Morgan fingerprint density at radius 3 is 2.84 bits per heavy atom. The summed E-state index contributed by atoms with van der Waals surface area (Å²) in [5, 5.41) is 0.953. The van der Waals surface area contributed by atoms with Gasteiger partial charge in [0.05, 0.1) is 5.52 Å². The van der Waals surface area contributed by atoms with Crippen LogP contribution in [0, 0.1) is 0 Å². The molecule has 0 spiro atoms. The Balaban J connectivity index is 2.23. The highest BCUT2D eigenvalue weighted by molar-refractivity contribution is 9.10. The van der Waals surface area contributed by atoms with E-state index in [1.165, 1.54) is 0 Å². The number of rotatable bonds is 1. The molecule has 0 bridgehead atoms. The van der Waals surface area contributed by atoms with Gasteiger partial charge in [-0.05, 0) is 39.7 Å². The van der Waals surface area contributed by atoms with Gasteiger partial charge in [-0.3, -0.25) is 9.69 Å². The van der Waals surface area contributed by atoms with Gasteiger partial charge >= 0.3 is 0 Å². The van der Waals surface area contributed by atoms with Crippen molar-refractivity contribution in [2.45, 2.75) is 11.2 Å². The van der Waals surface area contributed by atoms with Crippen LogP contribution in [0.1, 0.15) is 6.42 Å². The summed E-state index contributed by atoms with van der Waals surface area (Å²) in [6.07, 6.45) is 0.469. The molecule has 2 aromatic rings. The van der Waals surface area contributed by atoms with E-state index in [9.17, 15) is 4.79 Å². The average Bonchev–Trinajstić information content (AvgIpc) is 2.69. The monoisotopic (exact) mass is 403 g/mol. The molecule has 1 unspecified atom stereocenters. The zero-order chi connectivity index (χ0) is 13.6. The molecule has 1 aliphatic heterocycles. The van der Waals surface area contributed by atoms with Gasteiger partial charge in [0.2, 0.25) is 11.2 Å². The van der Waals surface area contributed by atoms with Gasteiger partial charge in [-0.1, -0.05) is 22.0 Å². The third-order valence-electron chi connectivity index (χ3n) is 2.96. The van der Waals surface area contributed by atoms with Gasteiger partial charge in [0.25, 0.3) is 0 Å². The summed E-state index contributed by atoms with van der Waals surface area (Å²) in [4.78, 5) is 22.2. The Labute approximate surface area is 131 Å². The van der Waals surface area contributed by atoms with Gasteiger partial charge in [-0.15, -0.1) is 0 Å². The minimum atomic E-state index is 0.0397. The van der Waals surface area contributed by atoms with Crippen molar-refractivity contribution >= 4 is 66.1 Å². The summed E-state index contributed by atoms with van der Waals surface area (Å²) in [5.41, 5.74) is 0.711. The molecule has 1 atom stereocenters. The number of nitrogens with zero attached hydrogens (tertiary/aromatic N) is 3. The van der Waals surface area contributed by atoms with Crippen LogP contribution in [0.4, 0.5) is 5.82 Å². The molecule has 1 fully saturated rings. The first-order chi connectivity index (χ1) is 9.06. The largest absolute Gasteiger partial charge is 0.295 e. The number of amides is 1. The van der Waals surface area contributed by atoms with Crippen LogP contribution in [0.15, 0.2) is 22.7 Å². The Morgan fingerprint density at radius 1 is 1.37 bits per heavy atom. The number of para-hydroxylation sites is 1. The van der Waals surface area contributed by atoms with Gasteiger partial charge < -0.3 is 0 Å². The number of fused-ring (bicyclic) bond motifs is 1. The lowest BCUT2D eigenvalue weighted by Gasteiger charge is -2.17. The highest BCUT2D eigenvalue weighted by Crippen LogP contribution is 2.33. The van der Waals surface area contributed by atoms with Crippen molar-refractivity contribution in [2.75, 3.05) is 11.4 Å². The van der Waals surface area contributed by atoms with E-state index in [2.05, 4.69) is 41.8 Å². The first-order valence-corrected chi connectivity index (χ1v) is 7.71. The summed E-state index contributed by atoms with van der Waals surface area (Å²) >= 11 is 12.9. The van der Waals surface area contributed by atoms with Crippen molar-refractivity contribution < 1.29 is 4.79 Å². The van der Waals surface area contributed by atoms with E-state index >= 15 is 0 Å². The number of aromatic nitrogens is 2. The summed E-state index contributed by atoms with van der Waals surface area (Å²) < 4.78 is 0.831. The van der Waals surface area contributed by atoms with Gasteiger partial charge in [-0.2, -0.15) is 4.98 Å².